The molecule has 15 rings (SSSR count). The zero-order valence-electron chi connectivity index (χ0n) is 41.5. The molecule has 338 valence electrons. The van der Waals surface area contributed by atoms with Crippen molar-refractivity contribution in [3.05, 3.63) is 228 Å². The maximum Gasteiger partial charge on any atom is -0.00134 e. The molecule has 0 heterocycles. The lowest BCUT2D eigenvalue weighted by atomic mass is 9.81. The number of fused-ring (bicyclic) bond motifs is 18. The Kier molecular flexibility index (Phi) is 8.57. The Morgan fingerprint density at radius 2 is 0.361 bits per heavy atom. The minimum absolute atomic E-state index is 1.23. The van der Waals surface area contributed by atoms with Crippen LogP contribution in [0.25, 0.3) is 152 Å². The second-order valence-electron chi connectivity index (χ2n) is 21.3. The molecule has 0 aliphatic rings. The van der Waals surface area contributed by atoms with E-state index in [0.29, 0.717) is 0 Å². The predicted molar refractivity (Wildman–Crippen MR) is 315 cm³/mol. The van der Waals surface area contributed by atoms with Gasteiger partial charge in [-0.25, -0.2) is 0 Å². The Morgan fingerprint density at radius 3 is 0.722 bits per heavy atom. The zero-order chi connectivity index (χ0) is 48.3. The van der Waals surface area contributed by atoms with E-state index < -0.39 is 0 Å². The molecule has 0 unspecified atom stereocenters. The number of benzene rings is 15. The van der Waals surface area contributed by atoms with Crippen molar-refractivity contribution in [1.29, 1.82) is 0 Å². The Bertz CT molecular complexity index is 4570. The molecular formula is C72H50. The van der Waals surface area contributed by atoms with Gasteiger partial charge in [-0.3, -0.25) is 0 Å². The predicted octanol–water partition coefficient (Wildman–Crippen LogP) is 20.7. The molecule has 0 saturated heterocycles. The molecule has 0 heteroatoms. The van der Waals surface area contributed by atoms with E-state index in [-0.39, 0.29) is 0 Å². The first-order valence-corrected chi connectivity index (χ1v) is 25.5. The van der Waals surface area contributed by atoms with E-state index in [0.717, 1.165) is 0 Å². The van der Waals surface area contributed by atoms with Crippen LogP contribution in [-0.2, 0) is 0 Å². The maximum absolute atomic E-state index is 2.57. The van der Waals surface area contributed by atoms with Crippen molar-refractivity contribution in [2.45, 2.75) is 41.5 Å². The topological polar surface area (TPSA) is 0 Å². The van der Waals surface area contributed by atoms with Crippen LogP contribution < -0.4 is 0 Å². The van der Waals surface area contributed by atoms with E-state index in [2.05, 4.69) is 236 Å². The highest BCUT2D eigenvalue weighted by atomic mass is 14.3. The van der Waals surface area contributed by atoms with Crippen LogP contribution in [0.1, 0.15) is 33.4 Å². The molecule has 72 heavy (non-hydrogen) atoms. The largest absolute Gasteiger partial charge is 0.0587 e. The standard InChI is InChI=1S/C72H50/c1-39-7-15-45(16-8-39)48-21-25-53-51-23-13-42(4)27-55(51)59-35-63-65(37-61(59)57(53)31-48)69-33-50(47-19-11-41(3)12-20-47)34-70-66-38-62-58-32-49(46-17-9-40(2)10-18-46)22-26-54(58)52-24-14-43(5)28-56(52)60(62)36-64(66)68-30-44(6)29-67(63)71(68)72(69)70/h7-38H,1-6H3. The SMILES string of the molecule is Cc1ccc(-c2ccc3c4ccc(C)cc4c4cc5c(cc4c3c2)c2cc(-c3ccc(C)cc3)cc3c4cc6c7cc(-c8ccc(C)cc8)ccc7c7ccc(C)cc7c6cc4c4cc(C)cc5c4c23)cc1. The fourth-order valence-corrected chi connectivity index (χ4v) is 12.8. The molecule has 0 nitrogen and oxygen atoms in total. The van der Waals surface area contributed by atoms with E-state index >= 15 is 0 Å². The number of aryl methyl sites for hydroxylation is 6. The van der Waals surface area contributed by atoms with Crippen LogP contribution in [0.4, 0.5) is 0 Å². The summed E-state index contributed by atoms with van der Waals surface area (Å²) < 4.78 is 0. The highest BCUT2D eigenvalue weighted by Crippen LogP contribution is 2.51. The molecule has 0 N–H and O–H groups in total. The van der Waals surface area contributed by atoms with Gasteiger partial charge < -0.3 is 0 Å². The highest BCUT2D eigenvalue weighted by Gasteiger charge is 2.23. The molecule has 0 atom stereocenters. The first-order chi connectivity index (χ1) is 35.1. The number of hydrogen-bond donors (Lipinski definition) is 0. The monoisotopic (exact) mass is 914 g/mol. The minimum Gasteiger partial charge on any atom is -0.0587 e. The molecule has 15 aromatic carbocycles. The summed E-state index contributed by atoms with van der Waals surface area (Å²) in [4.78, 5) is 0. The van der Waals surface area contributed by atoms with Gasteiger partial charge in [0, 0.05) is 0 Å². The summed E-state index contributed by atoms with van der Waals surface area (Å²) >= 11 is 0. The van der Waals surface area contributed by atoms with Gasteiger partial charge in [-0.2, -0.15) is 0 Å². The third-order valence-corrected chi connectivity index (χ3v) is 16.4. The Hall–Kier alpha value is -8.58. The van der Waals surface area contributed by atoms with Crippen molar-refractivity contribution in [3.8, 4) is 33.4 Å². The minimum atomic E-state index is 1.23. The van der Waals surface area contributed by atoms with E-state index in [1.165, 1.54) is 185 Å². The smallest absolute Gasteiger partial charge is 0.00134 e. The molecule has 0 spiro atoms. The summed E-state index contributed by atoms with van der Waals surface area (Å²) in [5, 5.41) is 28.7. The summed E-state index contributed by atoms with van der Waals surface area (Å²) in [6.07, 6.45) is 0. The second kappa shape index (κ2) is 15.0. The maximum atomic E-state index is 2.57. The van der Waals surface area contributed by atoms with Crippen LogP contribution in [0.5, 0.6) is 0 Å². The van der Waals surface area contributed by atoms with Crippen LogP contribution in [-0.4, -0.2) is 0 Å². The average Bonchev–Trinajstić information content (AvgIpc) is 3.40. The lowest BCUT2D eigenvalue weighted by Crippen LogP contribution is -1.94. The summed E-state index contributed by atoms with van der Waals surface area (Å²) in [6.45, 7) is 13.3. The van der Waals surface area contributed by atoms with Gasteiger partial charge in [-0.1, -0.05) is 173 Å². The van der Waals surface area contributed by atoms with Crippen LogP contribution in [0, 0.1) is 41.5 Å². The lowest BCUT2D eigenvalue weighted by Gasteiger charge is -2.22. The molecule has 0 aliphatic heterocycles. The van der Waals surface area contributed by atoms with Crippen molar-refractivity contribution in [3.63, 3.8) is 0 Å². The normalized spacial score (nSPS) is 12.3. The summed E-state index contributed by atoms with van der Waals surface area (Å²) in [7, 11) is 0. The molecule has 0 aliphatic carbocycles. The second-order valence-corrected chi connectivity index (χ2v) is 21.3. The summed E-state index contributed by atoms with van der Waals surface area (Å²) in [5.74, 6) is 0. The van der Waals surface area contributed by atoms with Gasteiger partial charge in [0.2, 0.25) is 0 Å². The van der Waals surface area contributed by atoms with Gasteiger partial charge in [0.25, 0.3) is 0 Å². The van der Waals surface area contributed by atoms with E-state index in [4.69, 9.17) is 0 Å². The molecule has 15 aromatic rings. The molecule has 0 aromatic heterocycles. The van der Waals surface area contributed by atoms with Gasteiger partial charge in [-0.15, -0.1) is 0 Å². The zero-order valence-corrected chi connectivity index (χ0v) is 41.5. The van der Waals surface area contributed by atoms with Crippen molar-refractivity contribution >= 4 is 118 Å². The fraction of sp³-hybridized carbons (Fsp3) is 0.0833. The average molecular weight is 915 g/mol. The number of rotatable bonds is 3. The first kappa shape index (κ1) is 41.2. The van der Waals surface area contributed by atoms with Crippen LogP contribution >= 0.6 is 0 Å². The van der Waals surface area contributed by atoms with Gasteiger partial charge in [-0.05, 0) is 248 Å². The van der Waals surface area contributed by atoms with Crippen LogP contribution in [0.2, 0.25) is 0 Å². The summed E-state index contributed by atoms with van der Waals surface area (Å²) in [6, 6.07) is 75.7. The van der Waals surface area contributed by atoms with Gasteiger partial charge in [0.05, 0.1) is 0 Å². The number of hydrogen-bond acceptors (Lipinski definition) is 0. The third-order valence-electron chi connectivity index (χ3n) is 16.4. The van der Waals surface area contributed by atoms with Crippen LogP contribution in [0.3, 0.4) is 0 Å². The fourth-order valence-electron chi connectivity index (χ4n) is 12.8. The Labute approximate surface area is 418 Å². The quantitative estimate of drug-likeness (QED) is 0.122. The van der Waals surface area contributed by atoms with Crippen molar-refractivity contribution in [2.75, 3.05) is 0 Å². The Balaban J connectivity index is 1.15. The van der Waals surface area contributed by atoms with E-state index in [1.54, 1.807) is 0 Å². The molecule has 0 bridgehead atoms. The van der Waals surface area contributed by atoms with Gasteiger partial charge in [0.1, 0.15) is 0 Å². The lowest BCUT2D eigenvalue weighted by molar-refractivity contribution is 1.47. The molecule has 0 radical (unpaired) electrons. The van der Waals surface area contributed by atoms with E-state index in [9.17, 15) is 0 Å². The molecule has 0 amide bonds. The first-order valence-electron chi connectivity index (χ1n) is 25.5. The van der Waals surface area contributed by atoms with Gasteiger partial charge >= 0.3 is 0 Å². The van der Waals surface area contributed by atoms with E-state index in [1.807, 2.05) is 0 Å². The highest BCUT2D eigenvalue weighted by molar-refractivity contribution is 6.43. The summed E-state index contributed by atoms with van der Waals surface area (Å²) in [5.41, 5.74) is 15.0. The molecular weight excluding hydrogens is 865 g/mol. The van der Waals surface area contributed by atoms with Crippen LogP contribution in [0.15, 0.2) is 194 Å². The third kappa shape index (κ3) is 5.99. The van der Waals surface area contributed by atoms with Crippen molar-refractivity contribution in [1.82, 2.24) is 0 Å². The molecule has 0 fully saturated rings. The van der Waals surface area contributed by atoms with Gasteiger partial charge in [0.15, 0.2) is 0 Å². The molecule has 0 saturated carbocycles. The van der Waals surface area contributed by atoms with Crippen molar-refractivity contribution < 1.29 is 0 Å². The van der Waals surface area contributed by atoms with Crippen molar-refractivity contribution in [2.24, 2.45) is 0 Å². The Morgan fingerprint density at radius 1 is 0.139 bits per heavy atom.